The molecule has 17 heavy (non-hydrogen) atoms. The minimum Gasteiger partial charge on any atom is -0.454 e. The van der Waals surface area contributed by atoms with Crippen molar-refractivity contribution >= 4 is 11.8 Å². The number of hydrogen-bond acceptors (Lipinski definition) is 5. The third-order valence-electron chi connectivity index (χ3n) is 2.40. The number of carbonyl (C=O) groups is 1. The molecule has 0 spiro atoms. The van der Waals surface area contributed by atoms with Gasteiger partial charge in [0.15, 0.2) is 0 Å². The first-order valence-electron chi connectivity index (χ1n) is 5.77. The van der Waals surface area contributed by atoms with Gasteiger partial charge >= 0.3 is 5.97 Å². The molecule has 0 aliphatic carbocycles. The summed E-state index contributed by atoms with van der Waals surface area (Å²) >= 11 is 0. The summed E-state index contributed by atoms with van der Waals surface area (Å²) < 4.78 is 5.23. The quantitative estimate of drug-likeness (QED) is 0.729. The maximum Gasteiger partial charge on any atom is 0.376 e. The van der Waals surface area contributed by atoms with E-state index in [1.807, 2.05) is 26.8 Å². The number of rotatable bonds is 2. The van der Waals surface area contributed by atoms with Crippen LogP contribution in [-0.2, 0) is 4.74 Å². The molecular weight excluding hydrogens is 218 g/mol. The van der Waals surface area contributed by atoms with E-state index in [1.165, 1.54) is 6.42 Å². The molecule has 0 aromatic carbocycles. The second-order valence-electron chi connectivity index (χ2n) is 5.08. The van der Waals surface area contributed by atoms with E-state index in [9.17, 15) is 4.79 Å². The second kappa shape index (κ2) is 4.31. The highest BCUT2D eigenvalue weighted by molar-refractivity contribution is 5.85. The molecule has 1 saturated heterocycles. The van der Waals surface area contributed by atoms with Gasteiger partial charge in [-0.05, 0) is 33.3 Å². The van der Waals surface area contributed by atoms with Crippen LogP contribution in [-0.4, -0.2) is 34.6 Å². The molecule has 1 aromatic heterocycles. The number of nitrogens with zero attached hydrogens (tertiary/aromatic N) is 3. The predicted molar refractivity (Wildman–Crippen MR) is 64.0 cm³/mol. The van der Waals surface area contributed by atoms with Crippen LogP contribution in [0.3, 0.4) is 0 Å². The Morgan fingerprint density at radius 3 is 2.65 bits per heavy atom. The van der Waals surface area contributed by atoms with Crippen molar-refractivity contribution in [2.24, 2.45) is 0 Å². The van der Waals surface area contributed by atoms with Gasteiger partial charge in [-0.25, -0.2) is 14.8 Å². The number of anilines is 1. The van der Waals surface area contributed by atoms with E-state index in [2.05, 4.69) is 14.9 Å². The lowest BCUT2D eigenvalue weighted by Gasteiger charge is -2.31. The topological polar surface area (TPSA) is 55.3 Å². The standard InChI is InChI=1S/C12H17N3O2/c1-12(2,3)17-11(16)10-13-6-5-9(14-10)15-7-4-8-15/h5-6H,4,7-8H2,1-3H3. The zero-order valence-corrected chi connectivity index (χ0v) is 10.4. The Hall–Kier alpha value is -1.65. The van der Waals surface area contributed by atoms with Crippen molar-refractivity contribution in [3.63, 3.8) is 0 Å². The van der Waals surface area contributed by atoms with Gasteiger partial charge < -0.3 is 9.64 Å². The molecule has 1 fully saturated rings. The van der Waals surface area contributed by atoms with Gasteiger partial charge in [0.05, 0.1) is 0 Å². The van der Waals surface area contributed by atoms with Crippen LogP contribution in [0.2, 0.25) is 0 Å². The minimum absolute atomic E-state index is 0.129. The fourth-order valence-corrected chi connectivity index (χ4v) is 1.49. The van der Waals surface area contributed by atoms with Crippen molar-refractivity contribution in [3.05, 3.63) is 18.1 Å². The summed E-state index contributed by atoms with van der Waals surface area (Å²) in [5.74, 6) is 0.455. The van der Waals surface area contributed by atoms with Crippen LogP contribution in [0.5, 0.6) is 0 Å². The highest BCUT2D eigenvalue weighted by Crippen LogP contribution is 2.18. The molecule has 0 radical (unpaired) electrons. The Balaban J connectivity index is 2.12. The number of aromatic nitrogens is 2. The Morgan fingerprint density at radius 1 is 1.41 bits per heavy atom. The highest BCUT2D eigenvalue weighted by Gasteiger charge is 2.22. The molecule has 1 aliphatic heterocycles. The zero-order valence-electron chi connectivity index (χ0n) is 10.4. The molecule has 0 unspecified atom stereocenters. The van der Waals surface area contributed by atoms with Crippen LogP contribution in [0.4, 0.5) is 5.82 Å². The van der Waals surface area contributed by atoms with E-state index in [-0.39, 0.29) is 5.82 Å². The molecule has 0 atom stereocenters. The Bertz CT molecular complexity index is 422. The van der Waals surface area contributed by atoms with Gasteiger partial charge in [0, 0.05) is 19.3 Å². The summed E-state index contributed by atoms with van der Waals surface area (Å²) in [6, 6.07) is 1.81. The number of esters is 1. The lowest BCUT2D eigenvalue weighted by atomic mass is 10.2. The van der Waals surface area contributed by atoms with Crippen molar-refractivity contribution in [1.29, 1.82) is 0 Å². The molecule has 0 N–H and O–H groups in total. The monoisotopic (exact) mass is 235 g/mol. The lowest BCUT2D eigenvalue weighted by Crippen LogP contribution is -2.38. The van der Waals surface area contributed by atoms with Crippen LogP contribution in [0, 0.1) is 0 Å². The van der Waals surface area contributed by atoms with Crippen molar-refractivity contribution < 1.29 is 9.53 Å². The zero-order chi connectivity index (χ0) is 12.5. The van der Waals surface area contributed by atoms with E-state index in [1.54, 1.807) is 6.20 Å². The minimum atomic E-state index is -0.521. The largest absolute Gasteiger partial charge is 0.454 e. The third kappa shape index (κ3) is 2.93. The molecule has 1 aliphatic rings. The molecule has 0 amide bonds. The van der Waals surface area contributed by atoms with Gasteiger partial charge in [-0.15, -0.1) is 0 Å². The first-order valence-corrected chi connectivity index (χ1v) is 5.77. The van der Waals surface area contributed by atoms with Crippen molar-refractivity contribution in [1.82, 2.24) is 9.97 Å². The average molecular weight is 235 g/mol. The summed E-state index contributed by atoms with van der Waals surface area (Å²) in [5, 5.41) is 0. The molecule has 1 aromatic rings. The maximum atomic E-state index is 11.8. The molecule has 2 rings (SSSR count). The van der Waals surface area contributed by atoms with Gasteiger partial charge in [-0.2, -0.15) is 0 Å². The predicted octanol–water partition coefficient (Wildman–Crippen LogP) is 1.64. The van der Waals surface area contributed by atoms with Crippen LogP contribution < -0.4 is 4.90 Å². The SMILES string of the molecule is CC(C)(C)OC(=O)c1nccc(N2CCC2)n1. The van der Waals surface area contributed by atoms with Crippen LogP contribution >= 0.6 is 0 Å². The summed E-state index contributed by atoms with van der Waals surface area (Å²) in [7, 11) is 0. The summed E-state index contributed by atoms with van der Waals surface area (Å²) in [6.07, 6.45) is 2.77. The van der Waals surface area contributed by atoms with Gasteiger partial charge in [0.25, 0.3) is 0 Å². The number of carbonyl (C=O) groups excluding carboxylic acids is 1. The van der Waals surface area contributed by atoms with Gasteiger partial charge in [-0.3, -0.25) is 0 Å². The van der Waals surface area contributed by atoms with E-state index in [0.29, 0.717) is 0 Å². The molecule has 5 heteroatoms. The maximum absolute atomic E-state index is 11.8. The lowest BCUT2D eigenvalue weighted by molar-refractivity contribution is 0.00556. The van der Waals surface area contributed by atoms with Crippen molar-refractivity contribution in [2.45, 2.75) is 32.8 Å². The van der Waals surface area contributed by atoms with E-state index in [0.717, 1.165) is 18.9 Å². The normalized spacial score (nSPS) is 15.4. The van der Waals surface area contributed by atoms with Crippen molar-refractivity contribution in [3.8, 4) is 0 Å². The molecule has 0 saturated carbocycles. The van der Waals surface area contributed by atoms with Crippen LogP contribution in [0.25, 0.3) is 0 Å². The fraction of sp³-hybridized carbons (Fsp3) is 0.583. The third-order valence-corrected chi connectivity index (χ3v) is 2.40. The van der Waals surface area contributed by atoms with Crippen molar-refractivity contribution in [2.75, 3.05) is 18.0 Å². The van der Waals surface area contributed by atoms with Gasteiger partial charge in [-0.1, -0.05) is 0 Å². The molecule has 5 nitrogen and oxygen atoms in total. The smallest absolute Gasteiger partial charge is 0.376 e. The molecule has 0 bridgehead atoms. The first kappa shape index (κ1) is 11.8. The number of ether oxygens (including phenoxy) is 1. The molecule has 2 heterocycles. The summed E-state index contributed by atoms with van der Waals surface area (Å²) in [6.45, 7) is 7.45. The van der Waals surface area contributed by atoms with E-state index < -0.39 is 11.6 Å². The second-order valence-corrected chi connectivity index (χ2v) is 5.08. The Kier molecular flexibility index (Phi) is 3.00. The molecule has 92 valence electrons. The fourth-order valence-electron chi connectivity index (χ4n) is 1.49. The first-order chi connectivity index (χ1) is 7.96. The molecular formula is C12H17N3O2. The summed E-state index contributed by atoms with van der Waals surface area (Å²) in [5.41, 5.74) is -0.521. The average Bonchev–Trinajstić information content (AvgIpc) is 2.12. The van der Waals surface area contributed by atoms with E-state index in [4.69, 9.17) is 4.74 Å². The highest BCUT2D eigenvalue weighted by atomic mass is 16.6. The van der Waals surface area contributed by atoms with Crippen LogP contribution in [0.15, 0.2) is 12.3 Å². The van der Waals surface area contributed by atoms with E-state index >= 15 is 0 Å². The Labute approximate surface area is 101 Å². The van der Waals surface area contributed by atoms with Gasteiger partial charge in [0.2, 0.25) is 5.82 Å². The number of hydrogen-bond donors (Lipinski definition) is 0. The summed E-state index contributed by atoms with van der Waals surface area (Å²) in [4.78, 5) is 22.1. The van der Waals surface area contributed by atoms with Crippen LogP contribution in [0.1, 0.15) is 37.8 Å². The van der Waals surface area contributed by atoms with Gasteiger partial charge in [0.1, 0.15) is 11.4 Å². The Morgan fingerprint density at radius 2 is 2.12 bits per heavy atom.